The summed E-state index contributed by atoms with van der Waals surface area (Å²) in [5.41, 5.74) is 0.609. The van der Waals surface area contributed by atoms with Gasteiger partial charge in [-0.1, -0.05) is 0 Å². The minimum Gasteiger partial charge on any atom is -0.493 e. The molecule has 0 fully saturated rings. The Balaban J connectivity index is 2.25. The molecule has 0 aromatic heterocycles. The van der Waals surface area contributed by atoms with E-state index in [9.17, 15) is 14.9 Å². The Morgan fingerprint density at radius 1 is 1.61 bits per heavy atom. The van der Waals surface area contributed by atoms with Crippen molar-refractivity contribution in [2.24, 2.45) is 0 Å². The minimum atomic E-state index is -0.964. The summed E-state index contributed by atoms with van der Waals surface area (Å²) in [5.74, 6) is -0.400. The average Bonchev–Trinajstić information content (AvgIpc) is 2.35. The molecule has 1 unspecified atom stereocenters. The maximum atomic E-state index is 10.7. The minimum absolute atomic E-state index is 0.0265. The molecule has 96 valence electrons. The molecule has 2 rings (SSSR count). The van der Waals surface area contributed by atoms with E-state index in [-0.39, 0.29) is 18.3 Å². The first-order chi connectivity index (χ1) is 8.58. The van der Waals surface area contributed by atoms with Gasteiger partial charge in [-0.05, 0) is 6.07 Å². The molecule has 1 aromatic carbocycles. The molecule has 1 aliphatic rings. The molecule has 0 saturated carbocycles. The predicted octanol–water partition coefficient (Wildman–Crippen LogP) is 1.09. The maximum absolute atomic E-state index is 10.7. The Labute approximate surface area is 103 Å². The molecule has 0 amide bonds. The summed E-state index contributed by atoms with van der Waals surface area (Å²) in [6, 6.07) is 4.11. The van der Waals surface area contributed by atoms with Crippen molar-refractivity contribution in [3.8, 4) is 5.75 Å². The van der Waals surface area contributed by atoms with Gasteiger partial charge < -0.3 is 9.84 Å². The van der Waals surface area contributed by atoms with Crippen LogP contribution >= 0.6 is 0 Å². The summed E-state index contributed by atoms with van der Waals surface area (Å²) >= 11 is 0. The second-order valence-corrected chi connectivity index (χ2v) is 3.94. The fraction of sp³-hybridized carbons (Fsp3) is 0.364. The third-order valence-corrected chi connectivity index (χ3v) is 2.74. The summed E-state index contributed by atoms with van der Waals surface area (Å²) in [6.45, 7) is 0.273. The number of hydrogen-bond donors (Lipinski definition) is 2. The first kappa shape index (κ1) is 12.3. The van der Waals surface area contributed by atoms with Crippen LogP contribution in [0.4, 0.5) is 5.69 Å². The zero-order chi connectivity index (χ0) is 13.1. The molecule has 0 aliphatic carbocycles. The highest BCUT2D eigenvalue weighted by Crippen LogP contribution is 2.34. The number of hydrogen-bond acceptors (Lipinski definition) is 5. The molecule has 1 atom stereocenters. The third kappa shape index (κ3) is 2.57. The highest BCUT2D eigenvalue weighted by molar-refractivity contribution is 5.69. The highest BCUT2D eigenvalue weighted by Gasteiger charge is 2.24. The average molecular weight is 252 g/mol. The Hall–Kier alpha value is -2.15. The summed E-state index contributed by atoms with van der Waals surface area (Å²) in [4.78, 5) is 20.8. The van der Waals surface area contributed by atoms with Gasteiger partial charge in [0.1, 0.15) is 5.75 Å². The number of fused-ring (bicyclic) bond motifs is 1. The normalized spacial score (nSPS) is 17.7. The number of carboxylic acids is 1. The summed E-state index contributed by atoms with van der Waals surface area (Å²) in [6.07, 6.45) is 0.585. The van der Waals surface area contributed by atoms with Crippen LogP contribution in [-0.4, -0.2) is 29.2 Å². The summed E-state index contributed by atoms with van der Waals surface area (Å²) in [5, 5.41) is 22.2. The number of rotatable bonds is 4. The van der Waals surface area contributed by atoms with E-state index >= 15 is 0 Å². The van der Waals surface area contributed by atoms with Crippen molar-refractivity contribution in [1.82, 2.24) is 5.32 Å². The van der Waals surface area contributed by atoms with Crippen LogP contribution < -0.4 is 10.1 Å². The lowest BCUT2D eigenvalue weighted by Crippen LogP contribution is -2.31. The fourth-order valence-corrected chi connectivity index (χ4v) is 1.92. The maximum Gasteiger partial charge on any atom is 0.317 e. The van der Waals surface area contributed by atoms with E-state index in [0.29, 0.717) is 24.3 Å². The lowest BCUT2D eigenvalue weighted by atomic mass is 10.00. The Kier molecular flexibility index (Phi) is 3.42. The number of nitrogens with zero attached hydrogens (tertiary/aromatic N) is 1. The topological polar surface area (TPSA) is 102 Å². The molecule has 0 bridgehead atoms. The van der Waals surface area contributed by atoms with Crippen LogP contribution in [0.3, 0.4) is 0 Å². The van der Waals surface area contributed by atoms with E-state index in [4.69, 9.17) is 9.84 Å². The number of ether oxygens (including phenoxy) is 1. The molecule has 7 heteroatoms. The van der Waals surface area contributed by atoms with Crippen molar-refractivity contribution in [2.45, 2.75) is 12.5 Å². The number of carbonyl (C=O) groups is 1. The number of carboxylic acid groups (broad SMARTS) is 1. The van der Waals surface area contributed by atoms with Gasteiger partial charge in [0.15, 0.2) is 0 Å². The Morgan fingerprint density at radius 3 is 3.06 bits per heavy atom. The SMILES string of the molecule is O=C(O)CNC1CCOc2ccc([N+](=O)[O-])cc21. The van der Waals surface area contributed by atoms with Gasteiger partial charge in [-0.25, -0.2) is 0 Å². The molecule has 1 aliphatic heterocycles. The second kappa shape index (κ2) is 5.01. The zero-order valence-electron chi connectivity index (χ0n) is 9.46. The lowest BCUT2D eigenvalue weighted by Gasteiger charge is -2.26. The quantitative estimate of drug-likeness (QED) is 0.614. The number of nitro benzene ring substituents is 1. The van der Waals surface area contributed by atoms with Gasteiger partial charge in [-0.2, -0.15) is 0 Å². The predicted molar refractivity (Wildman–Crippen MR) is 61.6 cm³/mol. The lowest BCUT2D eigenvalue weighted by molar-refractivity contribution is -0.385. The standard InChI is InChI=1S/C11H12N2O5/c14-11(15)6-12-9-3-4-18-10-2-1-7(13(16)17)5-8(9)10/h1-2,5,9,12H,3-4,6H2,(H,14,15). The number of non-ortho nitro benzene ring substituents is 1. The van der Waals surface area contributed by atoms with Gasteiger partial charge in [0.2, 0.25) is 0 Å². The third-order valence-electron chi connectivity index (χ3n) is 2.74. The molecule has 1 aromatic rings. The zero-order valence-corrected chi connectivity index (χ0v) is 9.46. The van der Waals surface area contributed by atoms with Crippen LogP contribution in [0.1, 0.15) is 18.0 Å². The van der Waals surface area contributed by atoms with E-state index in [1.54, 1.807) is 6.07 Å². The van der Waals surface area contributed by atoms with Crippen LogP contribution in [0.5, 0.6) is 5.75 Å². The number of nitro groups is 1. The largest absolute Gasteiger partial charge is 0.493 e. The molecule has 7 nitrogen and oxygen atoms in total. The van der Waals surface area contributed by atoms with E-state index in [1.165, 1.54) is 12.1 Å². The molecular weight excluding hydrogens is 240 g/mol. The second-order valence-electron chi connectivity index (χ2n) is 3.94. The van der Waals surface area contributed by atoms with Crippen LogP contribution in [-0.2, 0) is 4.79 Å². The number of aliphatic carboxylic acids is 1. The monoisotopic (exact) mass is 252 g/mol. The molecule has 2 N–H and O–H groups in total. The summed E-state index contributed by atoms with van der Waals surface area (Å²) in [7, 11) is 0. The van der Waals surface area contributed by atoms with Gasteiger partial charge in [0.05, 0.1) is 18.1 Å². The number of nitrogens with one attached hydrogen (secondary N) is 1. The highest BCUT2D eigenvalue weighted by atomic mass is 16.6. The van der Waals surface area contributed by atoms with Crippen LogP contribution in [0.25, 0.3) is 0 Å². The molecule has 0 saturated heterocycles. The number of benzene rings is 1. The van der Waals surface area contributed by atoms with Crippen molar-refractivity contribution in [2.75, 3.05) is 13.2 Å². The van der Waals surface area contributed by atoms with Gasteiger partial charge in [0, 0.05) is 30.2 Å². The van der Waals surface area contributed by atoms with Crippen LogP contribution in [0.15, 0.2) is 18.2 Å². The molecule has 0 spiro atoms. The van der Waals surface area contributed by atoms with E-state index < -0.39 is 10.9 Å². The van der Waals surface area contributed by atoms with Gasteiger partial charge in [-0.15, -0.1) is 0 Å². The first-order valence-corrected chi connectivity index (χ1v) is 5.44. The van der Waals surface area contributed by atoms with Crippen molar-refractivity contribution in [3.05, 3.63) is 33.9 Å². The molecule has 1 heterocycles. The summed E-state index contributed by atoms with van der Waals surface area (Å²) < 4.78 is 5.39. The van der Waals surface area contributed by atoms with Crippen LogP contribution in [0, 0.1) is 10.1 Å². The van der Waals surface area contributed by atoms with Crippen molar-refractivity contribution < 1.29 is 19.6 Å². The Morgan fingerprint density at radius 2 is 2.39 bits per heavy atom. The first-order valence-electron chi connectivity index (χ1n) is 5.44. The van der Waals surface area contributed by atoms with Crippen LogP contribution in [0.2, 0.25) is 0 Å². The van der Waals surface area contributed by atoms with Gasteiger partial charge >= 0.3 is 5.97 Å². The Bertz CT molecular complexity index is 488. The smallest absolute Gasteiger partial charge is 0.317 e. The molecule has 0 radical (unpaired) electrons. The van der Waals surface area contributed by atoms with Crippen molar-refractivity contribution in [3.63, 3.8) is 0 Å². The molecule has 18 heavy (non-hydrogen) atoms. The fourth-order valence-electron chi connectivity index (χ4n) is 1.92. The van der Waals surface area contributed by atoms with Gasteiger partial charge in [0.25, 0.3) is 5.69 Å². The van der Waals surface area contributed by atoms with Crippen molar-refractivity contribution in [1.29, 1.82) is 0 Å². The van der Waals surface area contributed by atoms with E-state index in [1.807, 2.05) is 0 Å². The van der Waals surface area contributed by atoms with E-state index in [2.05, 4.69) is 5.32 Å². The van der Waals surface area contributed by atoms with Crippen molar-refractivity contribution >= 4 is 11.7 Å². The van der Waals surface area contributed by atoms with Gasteiger partial charge in [-0.3, -0.25) is 20.2 Å². The van der Waals surface area contributed by atoms with E-state index in [0.717, 1.165) is 0 Å². The molecular formula is C11H12N2O5.